The van der Waals surface area contributed by atoms with E-state index in [2.05, 4.69) is 5.32 Å². The molecule has 0 spiro atoms. The van der Waals surface area contributed by atoms with Crippen LogP contribution in [0.1, 0.15) is 32.1 Å². The molecule has 11 unspecified atom stereocenters. The Kier molecular flexibility index (Phi) is 10.4. The van der Waals surface area contributed by atoms with Gasteiger partial charge in [-0.05, 0) is 32.2 Å². The van der Waals surface area contributed by atoms with E-state index in [1.54, 1.807) is 0 Å². The number of rotatable bonds is 10. The summed E-state index contributed by atoms with van der Waals surface area (Å²) in [6, 6.07) is -2.38. The molecule has 0 bridgehead atoms. The summed E-state index contributed by atoms with van der Waals surface area (Å²) in [5.74, 6) is -2.48. The van der Waals surface area contributed by atoms with Crippen LogP contribution in [0.15, 0.2) is 0 Å². The largest absolute Gasteiger partial charge is 0.391 e. The molecule has 2 saturated heterocycles. The van der Waals surface area contributed by atoms with Crippen molar-refractivity contribution in [1.29, 1.82) is 0 Å². The Morgan fingerprint density at radius 3 is 2.33 bits per heavy atom. The zero-order chi connectivity index (χ0) is 26.6. The average Bonchev–Trinajstić information content (AvgIpc) is 3.11. The molecular formula is C21H42N6O9. The number of nitrogens with two attached hydrogens (primary N) is 5. The predicted octanol–water partition coefficient (Wildman–Crippen LogP) is -5.41. The van der Waals surface area contributed by atoms with Crippen LogP contribution in [0.25, 0.3) is 0 Å². The topological polar surface area (TPSA) is 277 Å². The van der Waals surface area contributed by atoms with E-state index >= 15 is 0 Å². The summed E-state index contributed by atoms with van der Waals surface area (Å²) in [6.45, 7) is 0.273. The molecule has 2 aliphatic heterocycles. The van der Waals surface area contributed by atoms with E-state index in [-0.39, 0.29) is 45.0 Å². The van der Waals surface area contributed by atoms with Gasteiger partial charge in [0.05, 0.1) is 30.3 Å². The lowest BCUT2D eigenvalue weighted by atomic mass is 9.83. The Morgan fingerprint density at radius 1 is 1.03 bits per heavy atom. The van der Waals surface area contributed by atoms with Crippen LogP contribution in [-0.2, 0) is 23.7 Å². The summed E-state index contributed by atoms with van der Waals surface area (Å²) >= 11 is 0. The van der Waals surface area contributed by atoms with Crippen molar-refractivity contribution < 1.29 is 44.2 Å². The first-order valence-electron chi connectivity index (χ1n) is 12.4. The van der Waals surface area contributed by atoms with Gasteiger partial charge in [-0.2, -0.15) is 0 Å². The highest BCUT2D eigenvalue weighted by molar-refractivity contribution is 5.80. The number of amides is 1. The Bertz CT molecular complexity index is 717. The van der Waals surface area contributed by atoms with Crippen molar-refractivity contribution in [3.05, 3.63) is 0 Å². The number of carbonyl (C=O) groups excluding carboxylic acids is 1. The van der Waals surface area contributed by atoms with Gasteiger partial charge in [-0.1, -0.05) is 0 Å². The molecule has 210 valence electrons. The number of hydrogen-bond donors (Lipinski definition) is 10. The van der Waals surface area contributed by atoms with Gasteiger partial charge in [-0.25, -0.2) is 0 Å². The highest BCUT2D eigenvalue weighted by Gasteiger charge is 2.55. The van der Waals surface area contributed by atoms with E-state index < -0.39 is 72.9 Å². The molecule has 3 rings (SSSR count). The number of hydrogen-bond acceptors (Lipinski definition) is 14. The maximum absolute atomic E-state index is 12.3. The predicted molar refractivity (Wildman–Crippen MR) is 124 cm³/mol. The van der Waals surface area contributed by atoms with Gasteiger partial charge >= 0.3 is 0 Å². The normalized spacial score (nSPS) is 44.4. The standard InChI is InChI=1S/C21H42N6O9/c22-4-3-12(28)18(32)27-11-5-15(26)21(6-13(11)29,35-19-10(25)2-1-9(7-23)33-19)36-20-17(31)16(30)14(8-24)34-20/h9-17,19-20,28-31H,1-8,22-26H2,(H,27,32)/t9?,10?,11?,12-,13?,14?,15?,16?,17?,19?,20?,21?/m0/s1. The maximum atomic E-state index is 12.3. The molecule has 15 heteroatoms. The van der Waals surface area contributed by atoms with Crippen molar-refractivity contribution >= 4 is 5.91 Å². The van der Waals surface area contributed by atoms with Crippen LogP contribution in [0.5, 0.6) is 0 Å². The first-order valence-corrected chi connectivity index (χ1v) is 12.4. The van der Waals surface area contributed by atoms with Crippen LogP contribution in [0, 0.1) is 0 Å². The Balaban J connectivity index is 1.82. The number of ether oxygens (including phenoxy) is 4. The number of carbonyl (C=O) groups is 1. The summed E-state index contributed by atoms with van der Waals surface area (Å²) in [6.07, 6.45) is -8.02. The molecule has 15 N–H and O–H groups in total. The Labute approximate surface area is 209 Å². The van der Waals surface area contributed by atoms with Gasteiger partial charge in [0.25, 0.3) is 0 Å². The van der Waals surface area contributed by atoms with Crippen LogP contribution < -0.4 is 34.0 Å². The van der Waals surface area contributed by atoms with Gasteiger partial charge in [-0.3, -0.25) is 4.79 Å². The first kappa shape index (κ1) is 29.5. The second-order valence-corrected chi connectivity index (χ2v) is 9.73. The molecule has 0 aromatic heterocycles. The Hall–Kier alpha value is -1.05. The third kappa shape index (κ3) is 6.50. The monoisotopic (exact) mass is 522 g/mol. The maximum Gasteiger partial charge on any atom is 0.249 e. The molecule has 1 aliphatic carbocycles. The molecule has 3 aliphatic rings. The molecule has 3 fully saturated rings. The fourth-order valence-electron chi connectivity index (χ4n) is 4.78. The third-order valence-electron chi connectivity index (χ3n) is 7.04. The van der Waals surface area contributed by atoms with Gasteiger partial charge in [0.2, 0.25) is 5.91 Å². The van der Waals surface area contributed by atoms with E-state index in [0.717, 1.165) is 0 Å². The van der Waals surface area contributed by atoms with E-state index in [1.165, 1.54) is 0 Å². The Morgan fingerprint density at radius 2 is 1.72 bits per heavy atom. The SMILES string of the molecule is NCC[C@H](O)C(=O)NC1CC(N)C(OC2OC(CN)CCC2N)(OC2OC(CN)C(O)C2O)CC1O. The van der Waals surface area contributed by atoms with Crippen LogP contribution >= 0.6 is 0 Å². The van der Waals surface area contributed by atoms with Crippen LogP contribution in [0.4, 0.5) is 0 Å². The lowest BCUT2D eigenvalue weighted by Crippen LogP contribution is -2.67. The number of nitrogens with one attached hydrogen (secondary N) is 1. The molecule has 15 nitrogen and oxygen atoms in total. The average molecular weight is 523 g/mol. The number of aliphatic hydroxyl groups is 4. The fraction of sp³-hybridized carbons (Fsp3) is 0.952. The quantitative estimate of drug-likeness (QED) is 0.120. The van der Waals surface area contributed by atoms with Gasteiger partial charge < -0.3 is 73.4 Å². The molecule has 0 aromatic rings. The van der Waals surface area contributed by atoms with Crippen molar-refractivity contribution in [3.63, 3.8) is 0 Å². The molecule has 1 saturated carbocycles. The van der Waals surface area contributed by atoms with Crippen molar-refractivity contribution in [3.8, 4) is 0 Å². The van der Waals surface area contributed by atoms with Crippen molar-refractivity contribution in [2.24, 2.45) is 28.7 Å². The van der Waals surface area contributed by atoms with Crippen LogP contribution in [0.3, 0.4) is 0 Å². The lowest BCUT2D eigenvalue weighted by Gasteiger charge is -2.50. The number of aliphatic hydroxyl groups excluding tert-OH is 4. The van der Waals surface area contributed by atoms with E-state index in [1.807, 2.05) is 0 Å². The van der Waals surface area contributed by atoms with E-state index in [9.17, 15) is 25.2 Å². The van der Waals surface area contributed by atoms with Crippen molar-refractivity contribution in [2.45, 2.75) is 105 Å². The molecular weight excluding hydrogens is 480 g/mol. The third-order valence-corrected chi connectivity index (χ3v) is 7.04. The summed E-state index contributed by atoms with van der Waals surface area (Å²) in [5.41, 5.74) is 29.5. The fourth-order valence-corrected chi connectivity index (χ4v) is 4.78. The molecule has 0 aromatic carbocycles. The second kappa shape index (κ2) is 12.7. The molecule has 12 atom stereocenters. The van der Waals surface area contributed by atoms with Gasteiger partial charge in [-0.15, -0.1) is 0 Å². The van der Waals surface area contributed by atoms with E-state index in [0.29, 0.717) is 12.8 Å². The van der Waals surface area contributed by atoms with Crippen molar-refractivity contribution in [1.82, 2.24) is 5.32 Å². The zero-order valence-electron chi connectivity index (χ0n) is 20.2. The van der Waals surface area contributed by atoms with Gasteiger partial charge in [0.1, 0.15) is 24.4 Å². The van der Waals surface area contributed by atoms with E-state index in [4.69, 9.17) is 47.6 Å². The molecule has 2 heterocycles. The second-order valence-electron chi connectivity index (χ2n) is 9.73. The highest BCUT2D eigenvalue weighted by Crippen LogP contribution is 2.39. The molecule has 0 radical (unpaired) electrons. The van der Waals surface area contributed by atoms with Gasteiger partial charge in [0, 0.05) is 19.5 Å². The minimum Gasteiger partial charge on any atom is -0.391 e. The zero-order valence-corrected chi connectivity index (χ0v) is 20.2. The van der Waals surface area contributed by atoms with Gasteiger partial charge in [0.15, 0.2) is 18.4 Å². The minimum absolute atomic E-state index is 0.0315. The summed E-state index contributed by atoms with van der Waals surface area (Å²) in [4.78, 5) is 12.3. The molecule has 36 heavy (non-hydrogen) atoms. The summed E-state index contributed by atoms with van der Waals surface area (Å²) in [7, 11) is 0. The summed E-state index contributed by atoms with van der Waals surface area (Å²) < 4.78 is 23.7. The molecule has 1 amide bonds. The smallest absolute Gasteiger partial charge is 0.249 e. The lowest BCUT2D eigenvalue weighted by molar-refractivity contribution is -0.386. The summed E-state index contributed by atoms with van der Waals surface area (Å²) in [5, 5.41) is 44.2. The van der Waals surface area contributed by atoms with Crippen LogP contribution in [-0.4, -0.2) is 119 Å². The van der Waals surface area contributed by atoms with Crippen LogP contribution in [0.2, 0.25) is 0 Å². The first-order chi connectivity index (χ1) is 17.0. The van der Waals surface area contributed by atoms with Crippen molar-refractivity contribution in [2.75, 3.05) is 19.6 Å². The minimum atomic E-state index is -1.79. The highest BCUT2D eigenvalue weighted by atomic mass is 16.8.